The number of ether oxygens (including phenoxy) is 1. The smallest absolute Gasteiger partial charge is 0.255 e. The summed E-state index contributed by atoms with van der Waals surface area (Å²) in [6.45, 7) is 4.87. The number of halogens is 2. The molecule has 0 aromatic heterocycles. The molecule has 0 aliphatic rings. The molecule has 2 aromatic carbocycles. The second-order valence-corrected chi connectivity index (χ2v) is 7.39. The number of hydrogen-bond donors (Lipinski definition) is 1. The van der Waals surface area contributed by atoms with E-state index in [-0.39, 0.29) is 5.91 Å². The van der Waals surface area contributed by atoms with Crippen LogP contribution in [0.2, 0.25) is 0 Å². The van der Waals surface area contributed by atoms with Crippen LogP contribution in [0.3, 0.4) is 0 Å². The van der Waals surface area contributed by atoms with Gasteiger partial charge in [-0.2, -0.15) is 0 Å². The van der Waals surface area contributed by atoms with Crippen LogP contribution in [0.4, 0.5) is 5.69 Å². The summed E-state index contributed by atoms with van der Waals surface area (Å²) in [6.07, 6.45) is 0. The molecule has 0 saturated carbocycles. The Bertz CT molecular complexity index is 656. The summed E-state index contributed by atoms with van der Waals surface area (Å²) < 4.78 is 7.59. The van der Waals surface area contributed by atoms with Gasteiger partial charge < -0.3 is 10.1 Å². The van der Waals surface area contributed by atoms with Crippen LogP contribution in [0.25, 0.3) is 0 Å². The van der Waals surface area contributed by atoms with Crippen molar-refractivity contribution in [1.82, 2.24) is 0 Å². The predicted octanol–water partition coefficient (Wildman–Crippen LogP) is 5.34. The fraction of sp³-hybridized carbons (Fsp3) is 0.235. The Morgan fingerprint density at radius 3 is 2.50 bits per heavy atom. The molecule has 0 bridgehead atoms. The van der Waals surface area contributed by atoms with Gasteiger partial charge in [0.05, 0.1) is 12.3 Å². The lowest BCUT2D eigenvalue weighted by Crippen LogP contribution is -2.12. The number of carbonyl (C=O) groups excluding carboxylic acids is 1. The first-order chi connectivity index (χ1) is 10.5. The van der Waals surface area contributed by atoms with E-state index in [1.807, 2.05) is 30.3 Å². The lowest BCUT2D eigenvalue weighted by molar-refractivity contribution is 0.102. The molecule has 0 radical (unpaired) electrons. The number of benzene rings is 2. The zero-order valence-corrected chi connectivity index (χ0v) is 16.1. The molecule has 0 aliphatic carbocycles. The number of anilines is 1. The van der Waals surface area contributed by atoms with E-state index >= 15 is 0 Å². The van der Waals surface area contributed by atoms with Gasteiger partial charge in [-0.05, 0) is 71.0 Å². The van der Waals surface area contributed by atoms with Gasteiger partial charge in [-0.3, -0.25) is 4.79 Å². The normalized spacial score (nSPS) is 10.6. The van der Waals surface area contributed by atoms with Gasteiger partial charge in [-0.1, -0.05) is 29.8 Å². The summed E-state index contributed by atoms with van der Waals surface area (Å²) >= 11 is 5.61. The van der Waals surface area contributed by atoms with Crippen molar-refractivity contribution in [3.63, 3.8) is 0 Å². The zero-order chi connectivity index (χ0) is 16.1. The van der Waals surface area contributed by atoms with Crippen LogP contribution in [0.1, 0.15) is 24.2 Å². The molecule has 0 aliphatic heterocycles. The Morgan fingerprint density at radius 2 is 1.91 bits per heavy atom. The largest absolute Gasteiger partial charge is 0.493 e. The number of nitrogens with one attached hydrogen (secondary N) is 1. The van der Waals surface area contributed by atoms with Gasteiger partial charge in [0, 0.05) is 13.6 Å². The van der Waals surface area contributed by atoms with Gasteiger partial charge in [0.1, 0.15) is 5.75 Å². The molecular formula is C17H17BrINO2. The molecule has 0 fully saturated rings. The molecule has 2 rings (SSSR count). The van der Waals surface area contributed by atoms with Gasteiger partial charge in [0.25, 0.3) is 5.91 Å². The molecule has 22 heavy (non-hydrogen) atoms. The van der Waals surface area contributed by atoms with E-state index in [9.17, 15) is 4.79 Å². The van der Waals surface area contributed by atoms with E-state index in [1.54, 1.807) is 12.1 Å². The summed E-state index contributed by atoms with van der Waals surface area (Å²) in [4.78, 5) is 12.3. The van der Waals surface area contributed by atoms with Crippen LogP contribution < -0.4 is 10.1 Å². The zero-order valence-electron chi connectivity index (χ0n) is 12.4. The summed E-state index contributed by atoms with van der Waals surface area (Å²) in [7, 11) is 0. The molecule has 1 amide bonds. The lowest BCUT2D eigenvalue weighted by Gasteiger charge is -2.10. The highest BCUT2D eigenvalue weighted by molar-refractivity contribution is 14.1. The van der Waals surface area contributed by atoms with Gasteiger partial charge in [0.15, 0.2) is 0 Å². The molecule has 0 unspecified atom stereocenters. The minimum atomic E-state index is -0.129. The van der Waals surface area contributed by atoms with Crippen LogP contribution in [0, 0.1) is 9.49 Å². The third kappa shape index (κ3) is 4.98. The molecule has 1 N–H and O–H groups in total. The highest BCUT2D eigenvalue weighted by atomic mass is 127. The second kappa shape index (κ2) is 7.97. The molecule has 0 atom stereocenters. The van der Waals surface area contributed by atoms with Crippen molar-refractivity contribution in [1.29, 1.82) is 0 Å². The minimum absolute atomic E-state index is 0.129. The predicted molar refractivity (Wildman–Crippen MR) is 102 cm³/mol. The Morgan fingerprint density at radius 1 is 1.23 bits per heavy atom. The summed E-state index contributed by atoms with van der Waals surface area (Å²) in [6, 6.07) is 12.9. The Hall–Kier alpha value is -1.08. The standard InChI is InChI=1S/C17H17BrINO2/c1-11(2)10-22-14-6-3-12(4-7-14)17(21)20-16-8-5-13(18)9-15(16)19/h3-9,11H,10H2,1-2H3,(H,20,21). The van der Waals surface area contributed by atoms with Crippen molar-refractivity contribution in [2.75, 3.05) is 11.9 Å². The molecule has 2 aromatic rings. The van der Waals surface area contributed by atoms with E-state index in [0.29, 0.717) is 18.1 Å². The van der Waals surface area contributed by atoms with Gasteiger partial charge in [-0.25, -0.2) is 0 Å². The van der Waals surface area contributed by atoms with E-state index in [2.05, 4.69) is 57.7 Å². The van der Waals surface area contributed by atoms with Crippen molar-refractivity contribution in [2.45, 2.75) is 13.8 Å². The van der Waals surface area contributed by atoms with Crippen molar-refractivity contribution < 1.29 is 9.53 Å². The molecule has 116 valence electrons. The Balaban J connectivity index is 2.03. The van der Waals surface area contributed by atoms with Crippen LogP contribution in [0.15, 0.2) is 46.9 Å². The van der Waals surface area contributed by atoms with Gasteiger partial charge >= 0.3 is 0 Å². The molecule has 0 heterocycles. The van der Waals surface area contributed by atoms with E-state index < -0.39 is 0 Å². The van der Waals surface area contributed by atoms with Crippen molar-refractivity contribution >= 4 is 50.1 Å². The van der Waals surface area contributed by atoms with E-state index in [4.69, 9.17) is 4.74 Å². The fourth-order valence-corrected chi connectivity index (χ4v) is 3.19. The molecule has 0 spiro atoms. The highest BCUT2D eigenvalue weighted by Crippen LogP contribution is 2.23. The Kier molecular flexibility index (Phi) is 6.26. The summed E-state index contributed by atoms with van der Waals surface area (Å²) in [5.74, 6) is 1.13. The fourth-order valence-electron chi connectivity index (χ4n) is 1.75. The number of carbonyl (C=O) groups is 1. The first kappa shape index (κ1) is 17.3. The highest BCUT2D eigenvalue weighted by Gasteiger charge is 2.09. The SMILES string of the molecule is CC(C)COc1ccc(C(=O)Nc2ccc(Br)cc2I)cc1. The second-order valence-electron chi connectivity index (χ2n) is 5.31. The topological polar surface area (TPSA) is 38.3 Å². The summed E-state index contributed by atoms with van der Waals surface area (Å²) in [5.41, 5.74) is 1.41. The maximum absolute atomic E-state index is 12.3. The van der Waals surface area contributed by atoms with Gasteiger partial charge in [-0.15, -0.1) is 0 Å². The first-order valence-electron chi connectivity index (χ1n) is 6.95. The average Bonchev–Trinajstić information content (AvgIpc) is 2.48. The van der Waals surface area contributed by atoms with Crippen LogP contribution in [0.5, 0.6) is 5.75 Å². The lowest BCUT2D eigenvalue weighted by atomic mass is 10.2. The molecule has 0 saturated heterocycles. The Labute approximate surface area is 152 Å². The maximum atomic E-state index is 12.3. The van der Waals surface area contributed by atoms with Crippen molar-refractivity contribution in [3.8, 4) is 5.75 Å². The van der Waals surface area contributed by atoms with Crippen LogP contribution >= 0.6 is 38.5 Å². The monoisotopic (exact) mass is 473 g/mol. The number of hydrogen-bond acceptors (Lipinski definition) is 2. The molecule has 3 nitrogen and oxygen atoms in total. The number of amides is 1. The van der Waals surface area contributed by atoms with Crippen molar-refractivity contribution in [3.05, 3.63) is 56.1 Å². The number of rotatable bonds is 5. The third-order valence-corrected chi connectivity index (χ3v) is 4.26. The van der Waals surface area contributed by atoms with Crippen LogP contribution in [-0.2, 0) is 0 Å². The molecule has 5 heteroatoms. The molecular weight excluding hydrogens is 457 g/mol. The van der Waals surface area contributed by atoms with E-state index in [1.165, 1.54) is 0 Å². The van der Waals surface area contributed by atoms with E-state index in [0.717, 1.165) is 19.5 Å². The van der Waals surface area contributed by atoms with Crippen LogP contribution in [-0.4, -0.2) is 12.5 Å². The quantitative estimate of drug-likeness (QED) is 0.595. The first-order valence-corrected chi connectivity index (χ1v) is 8.82. The van der Waals surface area contributed by atoms with Gasteiger partial charge in [0.2, 0.25) is 0 Å². The summed E-state index contributed by atoms with van der Waals surface area (Å²) in [5, 5.41) is 2.92. The van der Waals surface area contributed by atoms with Crippen molar-refractivity contribution in [2.24, 2.45) is 5.92 Å². The average molecular weight is 474 g/mol. The minimum Gasteiger partial charge on any atom is -0.493 e. The third-order valence-electron chi connectivity index (χ3n) is 2.88. The maximum Gasteiger partial charge on any atom is 0.255 e.